The number of hydrogen-bond acceptors (Lipinski definition) is 4. The molecular weight excluding hydrogens is 438 g/mol. The highest BCUT2D eigenvalue weighted by molar-refractivity contribution is 5.96. The number of nitriles is 1. The third kappa shape index (κ3) is 4.36. The minimum absolute atomic E-state index is 0.369. The second-order valence-electron chi connectivity index (χ2n) is 10.2. The van der Waals surface area contributed by atoms with Crippen molar-refractivity contribution in [1.29, 1.82) is 5.26 Å². The topological polar surface area (TPSA) is 76.3 Å². The minimum Gasteiger partial charge on any atom is -0.494 e. The van der Waals surface area contributed by atoms with E-state index in [0.717, 1.165) is 53.6 Å². The standard InChI is InChI=1S/C29H33N3O3/c1-4-34-23-15-16-24-25(18-30)27(32(26(24)17-23)22-9-6-10-22)19-11-13-21(14-12-19)31-28(33)35-29(2,3)20-7-5-8-20/h11-17,20,22H,4-10H2,1-3H3,(H,31,33). The molecule has 0 radical (unpaired) electrons. The second kappa shape index (κ2) is 9.30. The van der Waals surface area contributed by atoms with Gasteiger partial charge in [-0.1, -0.05) is 18.6 Å². The van der Waals surface area contributed by atoms with Crippen LogP contribution in [0, 0.1) is 17.2 Å². The van der Waals surface area contributed by atoms with Gasteiger partial charge in [0, 0.05) is 23.2 Å². The first-order valence-corrected chi connectivity index (χ1v) is 12.7. The Labute approximate surface area is 206 Å². The van der Waals surface area contributed by atoms with Gasteiger partial charge in [0.05, 0.1) is 23.4 Å². The average Bonchev–Trinajstić information content (AvgIpc) is 3.04. The number of carbonyl (C=O) groups is 1. The van der Waals surface area contributed by atoms with E-state index in [0.29, 0.717) is 29.8 Å². The second-order valence-corrected chi connectivity index (χ2v) is 10.2. The van der Waals surface area contributed by atoms with Gasteiger partial charge in [-0.2, -0.15) is 5.26 Å². The molecule has 2 aliphatic rings. The van der Waals surface area contributed by atoms with E-state index < -0.39 is 11.7 Å². The van der Waals surface area contributed by atoms with Gasteiger partial charge in [-0.25, -0.2) is 4.79 Å². The molecule has 0 spiro atoms. The van der Waals surface area contributed by atoms with Crippen LogP contribution in [0.3, 0.4) is 0 Å². The van der Waals surface area contributed by atoms with Gasteiger partial charge in [0.1, 0.15) is 17.4 Å². The van der Waals surface area contributed by atoms with E-state index in [1.165, 1.54) is 12.8 Å². The van der Waals surface area contributed by atoms with E-state index in [1.807, 2.05) is 57.2 Å². The molecule has 2 fully saturated rings. The number of hydrogen-bond donors (Lipinski definition) is 1. The molecule has 3 aromatic rings. The van der Waals surface area contributed by atoms with Crippen LogP contribution in [0.2, 0.25) is 0 Å². The largest absolute Gasteiger partial charge is 0.494 e. The molecule has 0 aliphatic heterocycles. The Bertz CT molecular complexity index is 1280. The van der Waals surface area contributed by atoms with Crippen molar-refractivity contribution >= 4 is 22.7 Å². The van der Waals surface area contributed by atoms with E-state index in [-0.39, 0.29) is 0 Å². The van der Waals surface area contributed by atoms with Gasteiger partial charge in [-0.05, 0) is 88.6 Å². The van der Waals surface area contributed by atoms with E-state index in [2.05, 4.69) is 22.0 Å². The summed E-state index contributed by atoms with van der Waals surface area (Å²) in [6, 6.07) is 16.5. The Morgan fingerprint density at radius 2 is 1.83 bits per heavy atom. The maximum atomic E-state index is 12.5. The first kappa shape index (κ1) is 23.3. The molecule has 0 unspecified atom stereocenters. The Morgan fingerprint density at radius 1 is 1.11 bits per heavy atom. The molecule has 2 aromatic carbocycles. The molecule has 35 heavy (non-hydrogen) atoms. The van der Waals surface area contributed by atoms with Crippen molar-refractivity contribution in [2.45, 2.75) is 70.9 Å². The van der Waals surface area contributed by atoms with Crippen molar-refractivity contribution in [3.8, 4) is 23.1 Å². The highest BCUT2D eigenvalue weighted by Crippen LogP contribution is 2.43. The van der Waals surface area contributed by atoms with Crippen LogP contribution in [-0.2, 0) is 4.74 Å². The lowest BCUT2D eigenvalue weighted by molar-refractivity contribution is -0.0276. The lowest BCUT2D eigenvalue weighted by atomic mass is 9.74. The normalized spacial score (nSPS) is 16.3. The molecule has 6 heteroatoms. The number of amides is 1. The first-order chi connectivity index (χ1) is 16.9. The molecule has 1 heterocycles. The smallest absolute Gasteiger partial charge is 0.412 e. The van der Waals surface area contributed by atoms with Crippen LogP contribution in [0.5, 0.6) is 5.75 Å². The van der Waals surface area contributed by atoms with Crippen LogP contribution in [0.4, 0.5) is 10.5 Å². The average molecular weight is 472 g/mol. The fourth-order valence-electron chi connectivity index (χ4n) is 5.25. The summed E-state index contributed by atoms with van der Waals surface area (Å²) in [5.74, 6) is 1.24. The Balaban J connectivity index is 1.45. The Morgan fingerprint density at radius 3 is 2.40 bits per heavy atom. The van der Waals surface area contributed by atoms with Crippen molar-refractivity contribution < 1.29 is 14.3 Å². The first-order valence-electron chi connectivity index (χ1n) is 12.7. The molecule has 2 aliphatic carbocycles. The Kier molecular flexibility index (Phi) is 6.19. The van der Waals surface area contributed by atoms with Gasteiger partial charge in [0.15, 0.2) is 0 Å². The number of rotatable bonds is 7. The molecule has 2 saturated carbocycles. The number of ether oxygens (including phenoxy) is 2. The zero-order valence-electron chi connectivity index (χ0n) is 20.8. The van der Waals surface area contributed by atoms with Crippen LogP contribution < -0.4 is 10.1 Å². The van der Waals surface area contributed by atoms with Gasteiger partial charge < -0.3 is 14.0 Å². The van der Waals surface area contributed by atoms with Crippen molar-refractivity contribution in [1.82, 2.24) is 4.57 Å². The lowest BCUT2D eigenvalue weighted by Gasteiger charge is -2.39. The molecule has 1 amide bonds. The quantitative estimate of drug-likeness (QED) is 0.389. The number of benzene rings is 2. The number of fused-ring (bicyclic) bond motifs is 1. The van der Waals surface area contributed by atoms with Gasteiger partial charge >= 0.3 is 6.09 Å². The van der Waals surface area contributed by atoms with Gasteiger partial charge in [-0.15, -0.1) is 0 Å². The van der Waals surface area contributed by atoms with E-state index in [9.17, 15) is 10.1 Å². The summed E-state index contributed by atoms with van der Waals surface area (Å²) >= 11 is 0. The van der Waals surface area contributed by atoms with Crippen LogP contribution in [0.15, 0.2) is 42.5 Å². The number of nitrogens with one attached hydrogen (secondary N) is 1. The fraction of sp³-hybridized carbons (Fsp3) is 0.448. The van der Waals surface area contributed by atoms with E-state index in [1.54, 1.807) is 0 Å². The van der Waals surface area contributed by atoms with Crippen molar-refractivity contribution in [3.05, 3.63) is 48.0 Å². The highest BCUT2D eigenvalue weighted by Gasteiger charge is 2.37. The fourth-order valence-corrected chi connectivity index (χ4v) is 5.25. The van der Waals surface area contributed by atoms with Crippen molar-refractivity contribution in [2.24, 2.45) is 5.92 Å². The molecule has 0 atom stereocenters. The maximum absolute atomic E-state index is 12.5. The summed E-state index contributed by atoms with van der Waals surface area (Å²) in [4.78, 5) is 12.5. The van der Waals surface area contributed by atoms with Crippen LogP contribution in [0.1, 0.15) is 70.9 Å². The molecular formula is C29H33N3O3. The zero-order valence-corrected chi connectivity index (χ0v) is 20.8. The molecule has 5 rings (SSSR count). The predicted octanol–water partition coefficient (Wildman–Crippen LogP) is 7.43. The predicted molar refractivity (Wildman–Crippen MR) is 138 cm³/mol. The minimum atomic E-state index is -0.464. The van der Waals surface area contributed by atoms with Crippen molar-refractivity contribution in [2.75, 3.05) is 11.9 Å². The molecule has 1 aromatic heterocycles. The monoisotopic (exact) mass is 471 g/mol. The lowest BCUT2D eigenvalue weighted by Crippen LogP contribution is -2.41. The SMILES string of the molecule is CCOc1ccc2c(C#N)c(-c3ccc(NC(=O)OC(C)(C)C4CCC4)cc3)n(C3CCC3)c2c1. The summed E-state index contributed by atoms with van der Waals surface area (Å²) < 4.78 is 13.8. The molecule has 0 saturated heterocycles. The molecule has 1 N–H and O–H groups in total. The van der Waals surface area contributed by atoms with Crippen LogP contribution >= 0.6 is 0 Å². The third-order valence-corrected chi connectivity index (χ3v) is 7.69. The zero-order chi connectivity index (χ0) is 24.6. The molecule has 0 bridgehead atoms. The summed E-state index contributed by atoms with van der Waals surface area (Å²) in [6.07, 6.45) is 6.38. The summed E-state index contributed by atoms with van der Waals surface area (Å²) in [6.45, 7) is 6.54. The van der Waals surface area contributed by atoms with E-state index in [4.69, 9.17) is 9.47 Å². The van der Waals surface area contributed by atoms with Crippen molar-refractivity contribution in [3.63, 3.8) is 0 Å². The van der Waals surface area contributed by atoms with Crippen LogP contribution in [0.25, 0.3) is 22.2 Å². The molecule has 182 valence electrons. The number of anilines is 1. The number of nitrogens with zero attached hydrogens (tertiary/aromatic N) is 2. The van der Waals surface area contributed by atoms with Gasteiger partial charge in [0.2, 0.25) is 0 Å². The Hall–Kier alpha value is -3.46. The summed E-state index contributed by atoms with van der Waals surface area (Å²) in [5.41, 5.74) is 3.81. The maximum Gasteiger partial charge on any atom is 0.412 e. The number of carbonyl (C=O) groups excluding carboxylic acids is 1. The van der Waals surface area contributed by atoms with E-state index >= 15 is 0 Å². The van der Waals surface area contributed by atoms with Crippen LogP contribution in [-0.4, -0.2) is 22.9 Å². The highest BCUT2D eigenvalue weighted by atomic mass is 16.6. The summed E-state index contributed by atoms with van der Waals surface area (Å²) in [5, 5.41) is 13.9. The number of aromatic nitrogens is 1. The van der Waals surface area contributed by atoms with Gasteiger partial charge in [0.25, 0.3) is 0 Å². The molecule has 6 nitrogen and oxygen atoms in total. The summed E-state index contributed by atoms with van der Waals surface area (Å²) in [7, 11) is 0. The van der Waals surface area contributed by atoms with Gasteiger partial charge in [-0.3, -0.25) is 5.32 Å². The third-order valence-electron chi connectivity index (χ3n) is 7.69.